The molecule has 0 radical (unpaired) electrons. The summed E-state index contributed by atoms with van der Waals surface area (Å²) < 4.78 is 38.9. The standard InChI is InChI=1S/C24H27FN2O2S2/c1-16-12-17(2)23(18(3)13-16)14-20-15-30-24(26-20)27-10-8-22(9-11-27)31(28,29)21-6-4-19(25)5-7-21/h4-7,12-13,15,22H,8-11,14H2,1-3H3. The minimum Gasteiger partial charge on any atom is -0.348 e. The molecule has 1 aliphatic heterocycles. The summed E-state index contributed by atoms with van der Waals surface area (Å²) in [5, 5.41) is 2.62. The molecule has 2 heterocycles. The van der Waals surface area contributed by atoms with Crippen LogP contribution in [0.1, 0.15) is 40.8 Å². The summed E-state index contributed by atoms with van der Waals surface area (Å²) in [6.45, 7) is 7.72. The number of halogens is 1. The summed E-state index contributed by atoms with van der Waals surface area (Å²) in [7, 11) is -3.44. The second-order valence-electron chi connectivity index (χ2n) is 8.36. The number of hydrogen-bond acceptors (Lipinski definition) is 5. The maximum atomic E-state index is 13.2. The molecule has 0 bridgehead atoms. The van der Waals surface area contributed by atoms with Crippen LogP contribution in [-0.4, -0.2) is 31.7 Å². The predicted octanol–water partition coefficient (Wildman–Crippen LogP) is 5.24. The number of aromatic nitrogens is 1. The van der Waals surface area contributed by atoms with Crippen LogP contribution in [0.4, 0.5) is 9.52 Å². The highest BCUT2D eigenvalue weighted by atomic mass is 32.2. The Morgan fingerprint density at radius 2 is 1.68 bits per heavy atom. The zero-order chi connectivity index (χ0) is 22.2. The van der Waals surface area contributed by atoms with Crippen LogP contribution in [0, 0.1) is 26.6 Å². The van der Waals surface area contributed by atoms with Crippen LogP contribution in [0.5, 0.6) is 0 Å². The van der Waals surface area contributed by atoms with E-state index in [1.54, 1.807) is 11.3 Å². The average Bonchev–Trinajstić information content (AvgIpc) is 3.20. The van der Waals surface area contributed by atoms with Gasteiger partial charge in [0.2, 0.25) is 0 Å². The van der Waals surface area contributed by atoms with Crippen LogP contribution in [0.2, 0.25) is 0 Å². The maximum Gasteiger partial charge on any atom is 0.185 e. The van der Waals surface area contributed by atoms with Crippen LogP contribution in [0.3, 0.4) is 0 Å². The van der Waals surface area contributed by atoms with Gasteiger partial charge in [-0.05, 0) is 74.6 Å². The lowest BCUT2D eigenvalue weighted by molar-refractivity contribution is 0.529. The van der Waals surface area contributed by atoms with Gasteiger partial charge in [-0.2, -0.15) is 0 Å². The van der Waals surface area contributed by atoms with Crippen LogP contribution >= 0.6 is 11.3 Å². The van der Waals surface area contributed by atoms with Crippen molar-refractivity contribution in [1.29, 1.82) is 0 Å². The Morgan fingerprint density at radius 1 is 1.06 bits per heavy atom. The highest BCUT2D eigenvalue weighted by molar-refractivity contribution is 7.92. The predicted molar refractivity (Wildman–Crippen MR) is 124 cm³/mol. The fourth-order valence-electron chi connectivity index (χ4n) is 4.37. The molecule has 0 N–H and O–H groups in total. The Morgan fingerprint density at radius 3 is 2.29 bits per heavy atom. The van der Waals surface area contributed by atoms with Crippen molar-refractivity contribution in [3.63, 3.8) is 0 Å². The molecule has 0 amide bonds. The van der Waals surface area contributed by atoms with Gasteiger partial charge in [-0.1, -0.05) is 17.7 Å². The molecule has 1 saturated heterocycles. The van der Waals surface area contributed by atoms with Crippen LogP contribution in [0.15, 0.2) is 46.7 Å². The van der Waals surface area contributed by atoms with Gasteiger partial charge in [0.1, 0.15) is 5.82 Å². The van der Waals surface area contributed by atoms with E-state index in [2.05, 4.69) is 43.2 Å². The summed E-state index contributed by atoms with van der Waals surface area (Å²) >= 11 is 1.62. The van der Waals surface area contributed by atoms with Gasteiger partial charge < -0.3 is 4.90 Å². The molecule has 0 spiro atoms. The number of hydrogen-bond donors (Lipinski definition) is 0. The summed E-state index contributed by atoms with van der Waals surface area (Å²) in [5.74, 6) is -0.427. The SMILES string of the molecule is Cc1cc(C)c(Cc2csc(N3CCC(S(=O)(=O)c4ccc(F)cc4)CC3)n2)c(C)c1. The van der Waals surface area contributed by atoms with Gasteiger partial charge in [-0.3, -0.25) is 0 Å². The number of anilines is 1. The smallest absolute Gasteiger partial charge is 0.185 e. The lowest BCUT2D eigenvalue weighted by Gasteiger charge is -2.31. The van der Waals surface area contributed by atoms with E-state index < -0.39 is 20.9 Å². The molecular weight excluding hydrogens is 431 g/mol. The quantitative estimate of drug-likeness (QED) is 0.491. The number of sulfone groups is 1. The molecule has 31 heavy (non-hydrogen) atoms. The third kappa shape index (κ3) is 4.67. The van der Waals surface area contributed by atoms with E-state index in [-0.39, 0.29) is 4.90 Å². The number of rotatable bonds is 5. The van der Waals surface area contributed by atoms with E-state index in [9.17, 15) is 12.8 Å². The fraction of sp³-hybridized carbons (Fsp3) is 0.375. The molecular formula is C24H27FN2O2S2. The molecule has 7 heteroatoms. The largest absolute Gasteiger partial charge is 0.348 e. The van der Waals surface area contributed by atoms with Gasteiger partial charge in [-0.25, -0.2) is 17.8 Å². The first-order valence-corrected chi connectivity index (χ1v) is 12.9. The Hall–Kier alpha value is -2.25. The molecule has 3 aromatic rings. The third-order valence-corrected chi connectivity index (χ3v) is 9.26. The first-order valence-electron chi connectivity index (χ1n) is 10.5. The van der Waals surface area contributed by atoms with Crippen molar-refractivity contribution >= 4 is 26.3 Å². The molecule has 0 aliphatic carbocycles. The van der Waals surface area contributed by atoms with Crippen molar-refractivity contribution in [3.05, 3.63) is 75.5 Å². The van der Waals surface area contributed by atoms with E-state index in [0.29, 0.717) is 25.9 Å². The average molecular weight is 459 g/mol. The zero-order valence-corrected chi connectivity index (χ0v) is 19.7. The van der Waals surface area contributed by atoms with E-state index in [1.165, 1.54) is 46.5 Å². The highest BCUT2D eigenvalue weighted by Gasteiger charge is 2.32. The Balaban J connectivity index is 1.42. The molecule has 164 valence electrons. The first kappa shape index (κ1) is 22.0. The number of piperidine rings is 1. The molecule has 4 nitrogen and oxygen atoms in total. The molecule has 0 saturated carbocycles. The fourth-order valence-corrected chi connectivity index (χ4v) is 6.98. The lowest BCUT2D eigenvalue weighted by Crippen LogP contribution is -2.39. The third-order valence-electron chi connectivity index (χ3n) is 6.03. The van der Waals surface area contributed by atoms with Crippen LogP contribution in [0.25, 0.3) is 0 Å². The van der Waals surface area contributed by atoms with E-state index in [1.807, 2.05) is 0 Å². The minimum atomic E-state index is -3.44. The maximum absolute atomic E-state index is 13.2. The van der Waals surface area contributed by atoms with Crippen molar-refractivity contribution in [1.82, 2.24) is 4.98 Å². The molecule has 0 atom stereocenters. The van der Waals surface area contributed by atoms with Crippen molar-refractivity contribution < 1.29 is 12.8 Å². The zero-order valence-electron chi connectivity index (χ0n) is 18.1. The van der Waals surface area contributed by atoms with Crippen LogP contribution < -0.4 is 4.90 Å². The lowest BCUT2D eigenvalue weighted by atomic mass is 9.96. The molecule has 1 aromatic heterocycles. The Kier molecular flexibility index (Phi) is 6.17. The van der Waals surface area contributed by atoms with Gasteiger partial charge in [-0.15, -0.1) is 11.3 Å². The number of thiazole rings is 1. The monoisotopic (exact) mass is 458 g/mol. The number of nitrogens with zero attached hydrogens (tertiary/aromatic N) is 2. The molecule has 1 fully saturated rings. The van der Waals surface area contributed by atoms with Gasteiger partial charge in [0.15, 0.2) is 15.0 Å². The number of aryl methyl sites for hydroxylation is 3. The van der Waals surface area contributed by atoms with Crippen molar-refractivity contribution in [3.8, 4) is 0 Å². The van der Waals surface area contributed by atoms with Gasteiger partial charge in [0.25, 0.3) is 0 Å². The summed E-state index contributed by atoms with van der Waals surface area (Å²) in [5.41, 5.74) is 6.23. The van der Waals surface area contributed by atoms with Crippen molar-refractivity contribution in [2.24, 2.45) is 0 Å². The molecule has 4 rings (SSSR count). The Labute approximate surface area is 187 Å². The first-order chi connectivity index (χ1) is 14.7. The van der Waals surface area contributed by atoms with E-state index in [0.717, 1.165) is 17.2 Å². The minimum absolute atomic E-state index is 0.202. The van der Waals surface area contributed by atoms with Gasteiger partial charge in [0, 0.05) is 24.9 Å². The van der Waals surface area contributed by atoms with E-state index in [4.69, 9.17) is 4.98 Å². The van der Waals surface area contributed by atoms with Gasteiger partial charge in [0.05, 0.1) is 15.8 Å². The highest BCUT2D eigenvalue weighted by Crippen LogP contribution is 2.30. The number of benzene rings is 2. The van der Waals surface area contributed by atoms with Crippen LogP contribution in [-0.2, 0) is 16.3 Å². The molecule has 1 aliphatic rings. The van der Waals surface area contributed by atoms with E-state index >= 15 is 0 Å². The van der Waals surface area contributed by atoms with Crippen molar-refractivity contribution in [2.75, 3.05) is 18.0 Å². The Bertz CT molecular complexity index is 1160. The summed E-state index contributed by atoms with van der Waals surface area (Å²) in [6, 6.07) is 9.55. The molecule has 2 aromatic carbocycles. The second kappa shape index (κ2) is 8.71. The second-order valence-corrected chi connectivity index (χ2v) is 11.4. The summed E-state index contributed by atoms with van der Waals surface area (Å²) in [4.78, 5) is 7.22. The summed E-state index contributed by atoms with van der Waals surface area (Å²) in [6.07, 6.45) is 1.90. The van der Waals surface area contributed by atoms with Gasteiger partial charge >= 0.3 is 0 Å². The normalized spacial score (nSPS) is 15.4. The molecule has 0 unspecified atom stereocenters. The topological polar surface area (TPSA) is 50.3 Å². The van der Waals surface area contributed by atoms with Crippen molar-refractivity contribution in [2.45, 2.75) is 50.2 Å².